The number of amides is 1. The van der Waals surface area contributed by atoms with Crippen LogP contribution in [0.5, 0.6) is 0 Å². The maximum absolute atomic E-state index is 13.8. The van der Waals surface area contributed by atoms with Crippen LogP contribution in [0.2, 0.25) is 5.02 Å². The van der Waals surface area contributed by atoms with E-state index < -0.39 is 5.82 Å². The molecule has 3 aromatic rings. The zero-order chi connectivity index (χ0) is 19.4. The Hall–Kier alpha value is -2.77. The Labute approximate surface area is 164 Å². The molecule has 0 saturated heterocycles. The fourth-order valence-corrected chi connectivity index (χ4v) is 3.40. The first kappa shape index (κ1) is 19.0. The lowest BCUT2D eigenvalue weighted by Crippen LogP contribution is -2.05. The van der Waals surface area contributed by atoms with Crippen molar-refractivity contribution in [2.24, 2.45) is 5.10 Å². The summed E-state index contributed by atoms with van der Waals surface area (Å²) in [5, 5.41) is 8.11. The van der Waals surface area contributed by atoms with Crippen molar-refractivity contribution in [3.8, 4) is 11.3 Å². The summed E-state index contributed by atoms with van der Waals surface area (Å²) in [6.45, 7) is 3.43. The van der Waals surface area contributed by atoms with Crippen molar-refractivity contribution < 1.29 is 9.18 Å². The van der Waals surface area contributed by atoms with Gasteiger partial charge in [0, 0.05) is 18.1 Å². The number of carbonyl (C=O) groups excluding carboxylic acids is 1. The van der Waals surface area contributed by atoms with E-state index in [1.165, 1.54) is 36.6 Å². The predicted octanol–water partition coefficient (Wildman–Crippen LogP) is 5.32. The molecule has 3 rings (SSSR count). The summed E-state index contributed by atoms with van der Waals surface area (Å²) < 4.78 is 13.8. The van der Waals surface area contributed by atoms with Crippen molar-refractivity contribution in [2.75, 3.05) is 10.7 Å². The number of hydrazone groups is 1. The minimum Gasteiger partial charge on any atom is -0.316 e. The van der Waals surface area contributed by atoms with Crippen LogP contribution in [-0.4, -0.2) is 17.1 Å². The Kier molecular flexibility index (Phi) is 5.83. The van der Waals surface area contributed by atoms with E-state index in [9.17, 15) is 9.18 Å². The highest BCUT2D eigenvalue weighted by molar-refractivity contribution is 7.20. The summed E-state index contributed by atoms with van der Waals surface area (Å²) in [6, 6.07) is 12.2. The Morgan fingerprint density at radius 2 is 2.00 bits per heavy atom. The third-order valence-electron chi connectivity index (χ3n) is 3.60. The quantitative estimate of drug-likeness (QED) is 0.448. The summed E-state index contributed by atoms with van der Waals surface area (Å²) in [7, 11) is 0. The van der Waals surface area contributed by atoms with E-state index in [1.54, 1.807) is 6.07 Å². The van der Waals surface area contributed by atoms with Crippen molar-refractivity contribution in [1.29, 1.82) is 0 Å². The van der Waals surface area contributed by atoms with E-state index in [4.69, 9.17) is 11.6 Å². The van der Waals surface area contributed by atoms with Gasteiger partial charge in [0.2, 0.25) is 11.0 Å². The lowest BCUT2D eigenvalue weighted by atomic mass is 10.1. The van der Waals surface area contributed by atoms with Crippen molar-refractivity contribution in [2.45, 2.75) is 13.8 Å². The van der Waals surface area contributed by atoms with Gasteiger partial charge in [-0.1, -0.05) is 58.8 Å². The number of benzene rings is 2. The van der Waals surface area contributed by atoms with Gasteiger partial charge in [0.1, 0.15) is 16.5 Å². The molecule has 5 nitrogen and oxygen atoms in total. The van der Waals surface area contributed by atoms with Gasteiger partial charge in [-0.2, -0.15) is 5.10 Å². The molecule has 8 heteroatoms. The number of nitrogens with zero attached hydrogens (tertiary/aromatic N) is 2. The monoisotopic (exact) mass is 402 g/mol. The number of carbonyl (C=O) groups is 1. The Bertz CT molecular complexity index is 981. The number of hydrogen-bond acceptors (Lipinski definition) is 5. The number of hydrogen-bond donors (Lipinski definition) is 2. The van der Waals surface area contributed by atoms with Gasteiger partial charge in [0.15, 0.2) is 0 Å². The van der Waals surface area contributed by atoms with E-state index >= 15 is 0 Å². The Morgan fingerprint density at radius 3 is 2.67 bits per heavy atom. The summed E-state index contributed by atoms with van der Waals surface area (Å²) in [4.78, 5) is 16.0. The molecule has 1 amide bonds. The van der Waals surface area contributed by atoms with E-state index in [0.717, 1.165) is 11.1 Å². The lowest BCUT2D eigenvalue weighted by Gasteiger charge is -2.02. The van der Waals surface area contributed by atoms with Gasteiger partial charge >= 0.3 is 0 Å². The van der Waals surface area contributed by atoms with Gasteiger partial charge in [0.25, 0.3) is 0 Å². The largest absolute Gasteiger partial charge is 0.316 e. The fraction of sp³-hybridized carbons (Fsp3) is 0.105. The first-order chi connectivity index (χ1) is 12.9. The van der Waals surface area contributed by atoms with Crippen LogP contribution < -0.4 is 10.7 Å². The predicted molar refractivity (Wildman–Crippen MR) is 109 cm³/mol. The molecular weight excluding hydrogens is 387 g/mol. The summed E-state index contributed by atoms with van der Waals surface area (Å²) in [6.07, 6.45) is 1.29. The molecule has 0 radical (unpaired) electrons. The third kappa shape index (κ3) is 4.69. The molecule has 1 aromatic heterocycles. The molecule has 2 aromatic carbocycles. The Balaban J connectivity index is 1.87. The molecule has 0 aliphatic heterocycles. The van der Waals surface area contributed by atoms with Crippen molar-refractivity contribution in [3.05, 3.63) is 64.4 Å². The van der Waals surface area contributed by atoms with Gasteiger partial charge in [-0.15, -0.1) is 0 Å². The van der Waals surface area contributed by atoms with Crippen LogP contribution in [0.1, 0.15) is 18.1 Å². The lowest BCUT2D eigenvalue weighted by molar-refractivity contribution is -0.114. The standard InChI is InChI=1S/C19H16ClFN4OS/c1-11-6-8-13(9-7-11)17-18(23-12(2)26)27-19(24-17)25-22-10-14-15(20)4-3-5-16(14)21/h3-10H,1-2H3,(H,23,26)(H,24,25). The van der Waals surface area contributed by atoms with Crippen LogP contribution in [0.15, 0.2) is 47.6 Å². The van der Waals surface area contributed by atoms with E-state index in [-0.39, 0.29) is 16.5 Å². The normalized spacial score (nSPS) is 11.0. The van der Waals surface area contributed by atoms with Crippen LogP contribution in [-0.2, 0) is 4.79 Å². The summed E-state index contributed by atoms with van der Waals surface area (Å²) in [5.74, 6) is -0.660. The molecule has 0 fully saturated rings. The van der Waals surface area contributed by atoms with Gasteiger partial charge in [-0.25, -0.2) is 9.37 Å². The number of nitrogens with one attached hydrogen (secondary N) is 2. The third-order valence-corrected chi connectivity index (χ3v) is 4.80. The molecule has 138 valence electrons. The van der Waals surface area contributed by atoms with E-state index in [1.807, 2.05) is 31.2 Å². The van der Waals surface area contributed by atoms with Gasteiger partial charge in [0.05, 0.1) is 11.2 Å². The number of halogens is 2. The molecule has 1 heterocycles. The van der Waals surface area contributed by atoms with Gasteiger partial charge < -0.3 is 5.32 Å². The van der Waals surface area contributed by atoms with E-state index in [2.05, 4.69) is 20.8 Å². The van der Waals surface area contributed by atoms with Gasteiger partial charge in [-0.3, -0.25) is 10.2 Å². The molecule has 0 aliphatic rings. The molecule has 0 unspecified atom stereocenters. The smallest absolute Gasteiger partial charge is 0.221 e. The van der Waals surface area contributed by atoms with Crippen LogP contribution in [0.3, 0.4) is 0 Å². The maximum Gasteiger partial charge on any atom is 0.221 e. The van der Waals surface area contributed by atoms with E-state index in [0.29, 0.717) is 15.8 Å². The van der Waals surface area contributed by atoms with Crippen LogP contribution in [0.4, 0.5) is 14.5 Å². The zero-order valence-electron chi connectivity index (χ0n) is 14.6. The first-order valence-corrected chi connectivity index (χ1v) is 9.22. The van der Waals surface area contributed by atoms with Crippen molar-refractivity contribution in [3.63, 3.8) is 0 Å². The second-order valence-electron chi connectivity index (χ2n) is 5.75. The number of thiazole rings is 1. The Morgan fingerprint density at radius 1 is 1.26 bits per heavy atom. The highest BCUT2D eigenvalue weighted by Gasteiger charge is 2.14. The molecule has 27 heavy (non-hydrogen) atoms. The molecular formula is C19H16ClFN4OS. The van der Waals surface area contributed by atoms with Gasteiger partial charge in [-0.05, 0) is 19.1 Å². The number of rotatable bonds is 5. The number of aryl methyl sites for hydroxylation is 1. The van der Waals surface area contributed by atoms with Crippen LogP contribution in [0.25, 0.3) is 11.3 Å². The topological polar surface area (TPSA) is 66.4 Å². The highest BCUT2D eigenvalue weighted by Crippen LogP contribution is 2.36. The average molecular weight is 403 g/mol. The maximum atomic E-state index is 13.8. The zero-order valence-corrected chi connectivity index (χ0v) is 16.2. The van der Waals surface area contributed by atoms with Crippen molar-refractivity contribution >= 4 is 45.2 Å². The van der Waals surface area contributed by atoms with Crippen LogP contribution >= 0.6 is 22.9 Å². The average Bonchev–Trinajstić information content (AvgIpc) is 3.00. The second kappa shape index (κ2) is 8.28. The molecule has 0 atom stereocenters. The second-order valence-corrected chi connectivity index (χ2v) is 7.16. The highest BCUT2D eigenvalue weighted by atomic mass is 35.5. The SMILES string of the molecule is CC(=O)Nc1sc(NN=Cc2c(F)cccc2Cl)nc1-c1ccc(C)cc1. The molecule has 0 aliphatic carbocycles. The molecule has 2 N–H and O–H groups in total. The summed E-state index contributed by atoms with van der Waals surface area (Å²) in [5.41, 5.74) is 5.58. The first-order valence-electron chi connectivity index (χ1n) is 8.02. The summed E-state index contributed by atoms with van der Waals surface area (Å²) >= 11 is 7.21. The number of anilines is 2. The number of aromatic nitrogens is 1. The minimum atomic E-state index is -0.466. The van der Waals surface area contributed by atoms with Crippen LogP contribution in [0, 0.1) is 12.7 Å². The molecule has 0 spiro atoms. The molecule has 0 bridgehead atoms. The van der Waals surface area contributed by atoms with Crippen molar-refractivity contribution in [1.82, 2.24) is 4.98 Å². The minimum absolute atomic E-state index is 0.184. The molecule has 0 saturated carbocycles. The fourth-order valence-electron chi connectivity index (χ4n) is 2.31.